The second kappa shape index (κ2) is 8.35. The SMILES string of the molecule is COc1cc(OC)c(/C=N/NC(=O)c2ccccc2OC)cc1Br. The highest BCUT2D eigenvalue weighted by atomic mass is 79.9. The number of benzene rings is 2. The van der Waals surface area contributed by atoms with E-state index in [0.717, 1.165) is 4.47 Å². The van der Waals surface area contributed by atoms with Gasteiger partial charge in [-0.15, -0.1) is 0 Å². The van der Waals surface area contributed by atoms with Crippen LogP contribution in [0.5, 0.6) is 17.2 Å². The average molecular weight is 393 g/mol. The van der Waals surface area contributed by atoms with Crippen molar-refractivity contribution >= 4 is 28.1 Å². The van der Waals surface area contributed by atoms with Crippen LogP contribution in [0.4, 0.5) is 0 Å². The summed E-state index contributed by atoms with van der Waals surface area (Å²) in [6, 6.07) is 10.4. The van der Waals surface area contributed by atoms with Crippen molar-refractivity contribution in [1.82, 2.24) is 5.43 Å². The van der Waals surface area contributed by atoms with Gasteiger partial charge in [0.2, 0.25) is 0 Å². The number of rotatable bonds is 6. The van der Waals surface area contributed by atoms with E-state index in [4.69, 9.17) is 14.2 Å². The smallest absolute Gasteiger partial charge is 0.275 e. The number of hydrogen-bond acceptors (Lipinski definition) is 5. The van der Waals surface area contributed by atoms with E-state index in [1.807, 2.05) is 0 Å². The molecule has 0 aliphatic rings. The lowest BCUT2D eigenvalue weighted by molar-refractivity contribution is 0.0952. The van der Waals surface area contributed by atoms with Gasteiger partial charge in [-0.1, -0.05) is 12.1 Å². The molecule has 0 spiro atoms. The number of hydrazone groups is 1. The van der Waals surface area contributed by atoms with Crippen LogP contribution in [0.2, 0.25) is 0 Å². The fourth-order valence-corrected chi connectivity index (χ4v) is 2.56. The maximum absolute atomic E-state index is 12.2. The molecule has 1 N–H and O–H groups in total. The number of nitrogens with zero attached hydrogens (tertiary/aromatic N) is 1. The standard InChI is InChI=1S/C17H17BrN2O4/c1-22-14-7-5-4-6-12(14)17(21)20-19-10-11-8-13(18)16(24-3)9-15(11)23-2/h4-10H,1-3H3,(H,20,21)/b19-10+. The van der Waals surface area contributed by atoms with Crippen LogP contribution < -0.4 is 19.6 Å². The Labute approximate surface area is 148 Å². The van der Waals surface area contributed by atoms with Crippen molar-refractivity contribution < 1.29 is 19.0 Å². The highest BCUT2D eigenvalue weighted by molar-refractivity contribution is 9.10. The molecule has 2 aromatic rings. The molecule has 0 fully saturated rings. The van der Waals surface area contributed by atoms with Crippen molar-refractivity contribution in [3.63, 3.8) is 0 Å². The Morgan fingerprint density at radius 3 is 2.38 bits per heavy atom. The summed E-state index contributed by atoms with van der Waals surface area (Å²) < 4.78 is 16.4. The first kappa shape index (κ1) is 17.8. The summed E-state index contributed by atoms with van der Waals surface area (Å²) in [6.45, 7) is 0. The Kier molecular flexibility index (Phi) is 6.20. The van der Waals surface area contributed by atoms with E-state index in [1.54, 1.807) is 50.6 Å². The van der Waals surface area contributed by atoms with Crippen molar-refractivity contribution in [2.45, 2.75) is 0 Å². The third kappa shape index (κ3) is 4.05. The van der Waals surface area contributed by atoms with E-state index >= 15 is 0 Å². The van der Waals surface area contributed by atoms with Crippen LogP contribution >= 0.6 is 15.9 Å². The fraction of sp³-hybridized carbons (Fsp3) is 0.176. The highest BCUT2D eigenvalue weighted by Crippen LogP contribution is 2.31. The second-order valence-corrected chi connectivity index (χ2v) is 5.48. The maximum atomic E-state index is 12.2. The zero-order valence-corrected chi connectivity index (χ0v) is 15.1. The minimum Gasteiger partial charge on any atom is -0.496 e. The van der Waals surface area contributed by atoms with Crippen LogP contribution in [0.25, 0.3) is 0 Å². The predicted molar refractivity (Wildman–Crippen MR) is 95.3 cm³/mol. The molecule has 6 nitrogen and oxygen atoms in total. The molecule has 0 heterocycles. The zero-order chi connectivity index (χ0) is 17.5. The Morgan fingerprint density at radius 2 is 1.71 bits per heavy atom. The summed E-state index contributed by atoms with van der Waals surface area (Å²) in [7, 11) is 4.63. The third-order valence-electron chi connectivity index (χ3n) is 3.23. The van der Waals surface area contributed by atoms with E-state index in [0.29, 0.717) is 28.4 Å². The van der Waals surface area contributed by atoms with Crippen LogP contribution in [-0.4, -0.2) is 33.5 Å². The molecular weight excluding hydrogens is 376 g/mol. The Morgan fingerprint density at radius 1 is 1.04 bits per heavy atom. The molecule has 0 radical (unpaired) electrons. The highest BCUT2D eigenvalue weighted by Gasteiger charge is 2.11. The quantitative estimate of drug-likeness (QED) is 0.605. The molecule has 7 heteroatoms. The Hall–Kier alpha value is -2.54. The zero-order valence-electron chi connectivity index (χ0n) is 13.5. The van der Waals surface area contributed by atoms with Crippen molar-refractivity contribution in [2.75, 3.05) is 21.3 Å². The maximum Gasteiger partial charge on any atom is 0.275 e. The molecule has 0 saturated carbocycles. The van der Waals surface area contributed by atoms with E-state index in [1.165, 1.54) is 13.3 Å². The monoisotopic (exact) mass is 392 g/mol. The topological polar surface area (TPSA) is 69.2 Å². The van der Waals surface area contributed by atoms with Crippen LogP contribution in [-0.2, 0) is 0 Å². The molecule has 0 aliphatic carbocycles. The van der Waals surface area contributed by atoms with Crippen molar-refractivity contribution in [1.29, 1.82) is 0 Å². The van der Waals surface area contributed by atoms with Gasteiger partial charge in [0, 0.05) is 11.6 Å². The summed E-state index contributed by atoms with van der Waals surface area (Å²) in [5, 5.41) is 3.98. The first-order chi connectivity index (χ1) is 11.6. The fourth-order valence-electron chi connectivity index (χ4n) is 2.04. The Bertz CT molecular complexity index is 762. The van der Waals surface area contributed by atoms with Gasteiger partial charge in [0.25, 0.3) is 5.91 Å². The average Bonchev–Trinajstić information content (AvgIpc) is 2.61. The Balaban J connectivity index is 2.17. The van der Waals surface area contributed by atoms with Crippen LogP contribution in [0, 0.1) is 0 Å². The van der Waals surface area contributed by atoms with E-state index < -0.39 is 0 Å². The van der Waals surface area contributed by atoms with Crippen molar-refractivity contribution in [2.24, 2.45) is 5.10 Å². The number of carbonyl (C=O) groups excluding carboxylic acids is 1. The lowest BCUT2D eigenvalue weighted by atomic mass is 10.2. The predicted octanol–water partition coefficient (Wildman–Crippen LogP) is 3.24. The lowest BCUT2D eigenvalue weighted by Gasteiger charge is -2.09. The number of ether oxygens (including phenoxy) is 3. The van der Waals surface area contributed by atoms with Gasteiger partial charge in [0.15, 0.2) is 0 Å². The molecule has 0 saturated heterocycles. The van der Waals surface area contributed by atoms with Gasteiger partial charge in [-0.2, -0.15) is 5.10 Å². The van der Waals surface area contributed by atoms with Crippen molar-refractivity contribution in [3.05, 3.63) is 52.0 Å². The summed E-state index contributed by atoms with van der Waals surface area (Å²) in [5.74, 6) is 1.33. The van der Waals surface area contributed by atoms with Gasteiger partial charge in [0.1, 0.15) is 17.2 Å². The molecule has 0 unspecified atom stereocenters. The van der Waals surface area contributed by atoms with Crippen LogP contribution in [0.3, 0.4) is 0 Å². The molecule has 0 aromatic heterocycles. The van der Waals surface area contributed by atoms with Crippen molar-refractivity contribution in [3.8, 4) is 17.2 Å². The molecule has 0 atom stereocenters. The van der Waals surface area contributed by atoms with E-state index in [-0.39, 0.29) is 5.91 Å². The van der Waals surface area contributed by atoms with Crippen LogP contribution in [0.1, 0.15) is 15.9 Å². The number of para-hydroxylation sites is 1. The molecular formula is C17H17BrN2O4. The second-order valence-electron chi connectivity index (χ2n) is 4.63. The first-order valence-corrected chi connectivity index (χ1v) is 7.78. The molecule has 24 heavy (non-hydrogen) atoms. The number of hydrogen-bond donors (Lipinski definition) is 1. The minimum absolute atomic E-state index is 0.366. The number of amides is 1. The number of carbonyl (C=O) groups is 1. The van der Waals surface area contributed by atoms with E-state index in [2.05, 4.69) is 26.5 Å². The first-order valence-electron chi connectivity index (χ1n) is 6.98. The third-order valence-corrected chi connectivity index (χ3v) is 3.85. The summed E-state index contributed by atoms with van der Waals surface area (Å²) in [6.07, 6.45) is 1.50. The molecule has 1 amide bonds. The summed E-state index contributed by atoms with van der Waals surface area (Å²) >= 11 is 3.40. The number of methoxy groups -OCH3 is 3. The summed E-state index contributed by atoms with van der Waals surface area (Å²) in [4.78, 5) is 12.2. The molecule has 0 aliphatic heterocycles. The normalized spacial score (nSPS) is 10.5. The van der Waals surface area contributed by atoms with Gasteiger partial charge in [-0.3, -0.25) is 4.79 Å². The van der Waals surface area contributed by atoms with Crippen LogP contribution in [0.15, 0.2) is 46.0 Å². The molecule has 2 rings (SSSR count). The largest absolute Gasteiger partial charge is 0.496 e. The lowest BCUT2D eigenvalue weighted by Crippen LogP contribution is -2.18. The molecule has 0 bridgehead atoms. The molecule has 126 valence electrons. The summed E-state index contributed by atoms with van der Waals surface area (Å²) in [5.41, 5.74) is 3.56. The van der Waals surface area contributed by atoms with Gasteiger partial charge in [-0.05, 0) is 34.1 Å². The van der Waals surface area contributed by atoms with Gasteiger partial charge < -0.3 is 14.2 Å². The van der Waals surface area contributed by atoms with Gasteiger partial charge in [0.05, 0.1) is 37.6 Å². The van der Waals surface area contributed by atoms with Gasteiger partial charge >= 0.3 is 0 Å². The minimum atomic E-state index is -0.366. The van der Waals surface area contributed by atoms with Gasteiger partial charge in [-0.25, -0.2) is 5.43 Å². The van der Waals surface area contributed by atoms with E-state index in [9.17, 15) is 4.79 Å². The molecule has 2 aromatic carbocycles. The number of nitrogens with one attached hydrogen (secondary N) is 1. The number of halogens is 1.